The lowest BCUT2D eigenvalue weighted by Crippen LogP contribution is -2.57. The predicted octanol–water partition coefficient (Wildman–Crippen LogP) is 3.50. The van der Waals surface area contributed by atoms with Crippen molar-refractivity contribution in [3.8, 4) is 0 Å². The fourth-order valence-corrected chi connectivity index (χ4v) is 10.8. The number of hydrogen-bond donors (Lipinski definition) is 0. The van der Waals surface area contributed by atoms with Crippen molar-refractivity contribution in [2.75, 3.05) is 37.7 Å². The SMILES string of the molecule is CC(C)[Si]1(CCCOC=O)C2=CC(=[N+]3CCC3)C=CC2=Nc2ccc(N3CCC3)cc21. The van der Waals surface area contributed by atoms with Crippen LogP contribution in [0.3, 0.4) is 0 Å². The van der Waals surface area contributed by atoms with Crippen molar-refractivity contribution < 1.29 is 14.1 Å². The Kier molecular flexibility index (Phi) is 5.42. The topological polar surface area (TPSA) is 44.9 Å². The van der Waals surface area contributed by atoms with Gasteiger partial charge in [0.05, 0.1) is 24.4 Å². The maximum absolute atomic E-state index is 10.7. The summed E-state index contributed by atoms with van der Waals surface area (Å²) in [7, 11) is -2.13. The zero-order valence-electron chi connectivity index (χ0n) is 18.6. The molecule has 1 unspecified atom stereocenters. The van der Waals surface area contributed by atoms with Gasteiger partial charge in [-0.05, 0) is 59.1 Å². The first kappa shape index (κ1) is 20.4. The second kappa shape index (κ2) is 8.23. The molecule has 1 aromatic carbocycles. The van der Waals surface area contributed by atoms with Gasteiger partial charge in [0.15, 0.2) is 5.71 Å². The van der Waals surface area contributed by atoms with Crippen molar-refractivity contribution in [1.29, 1.82) is 0 Å². The lowest BCUT2D eigenvalue weighted by atomic mass is 10.1. The van der Waals surface area contributed by atoms with Crippen molar-refractivity contribution in [2.45, 2.75) is 44.7 Å². The predicted molar refractivity (Wildman–Crippen MR) is 129 cm³/mol. The zero-order chi connectivity index (χ0) is 21.4. The molecule has 2 saturated heterocycles. The van der Waals surface area contributed by atoms with Crippen LogP contribution in [-0.4, -0.2) is 63.3 Å². The number of carbonyl (C=O) groups excluding carboxylic acids is 1. The van der Waals surface area contributed by atoms with Crippen LogP contribution in [0.1, 0.15) is 33.1 Å². The van der Waals surface area contributed by atoms with Crippen LogP contribution in [0.5, 0.6) is 0 Å². The lowest BCUT2D eigenvalue weighted by molar-refractivity contribution is -0.582. The van der Waals surface area contributed by atoms with Crippen LogP contribution >= 0.6 is 0 Å². The van der Waals surface area contributed by atoms with Crippen molar-refractivity contribution in [1.82, 2.24) is 0 Å². The van der Waals surface area contributed by atoms with Crippen LogP contribution in [0.4, 0.5) is 11.4 Å². The molecule has 0 bridgehead atoms. The van der Waals surface area contributed by atoms with Crippen molar-refractivity contribution in [3.05, 3.63) is 41.6 Å². The Balaban J connectivity index is 1.65. The van der Waals surface area contributed by atoms with E-state index in [4.69, 9.17) is 9.73 Å². The largest absolute Gasteiger partial charge is 0.468 e. The Bertz CT molecular complexity index is 1010. The summed E-state index contributed by atoms with van der Waals surface area (Å²) in [4.78, 5) is 18.4. The summed E-state index contributed by atoms with van der Waals surface area (Å²) in [5, 5.41) is 2.93. The number of benzene rings is 1. The molecule has 1 aliphatic carbocycles. The van der Waals surface area contributed by atoms with Gasteiger partial charge in [0.2, 0.25) is 0 Å². The minimum Gasteiger partial charge on any atom is -0.468 e. The third-order valence-corrected chi connectivity index (χ3v) is 13.3. The van der Waals surface area contributed by atoms with Crippen LogP contribution in [-0.2, 0) is 9.53 Å². The summed E-state index contributed by atoms with van der Waals surface area (Å²) < 4.78 is 7.58. The first-order chi connectivity index (χ1) is 15.1. The maximum Gasteiger partial charge on any atom is 0.293 e. The standard InChI is InChI=1S/C25H32N3O2Si/c1-19(2)31(15-5-14-30-18-29)24-16-20(27-10-3-11-27)6-8-22(24)26-23-9-7-21(17-25(23)31)28-12-4-13-28/h6-9,16-19H,3-5,10-15H2,1-2H3/q+1. The molecule has 1 aromatic rings. The molecule has 0 spiro atoms. The van der Waals surface area contributed by atoms with E-state index in [1.807, 2.05) is 0 Å². The third-order valence-electron chi connectivity index (χ3n) is 7.49. The first-order valence-electron chi connectivity index (χ1n) is 11.7. The van der Waals surface area contributed by atoms with E-state index in [9.17, 15) is 4.79 Å². The molecule has 0 radical (unpaired) electrons. The van der Waals surface area contributed by atoms with Gasteiger partial charge in [-0.2, -0.15) is 0 Å². The number of allylic oxidation sites excluding steroid dienone is 4. The van der Waals surface area contributed by atoms with Gasteiger partial charge < -0.3 is 9.64 Å². The van der Waals surface area contributed by atoms with E-state index in [2.05, 4.69) is 59.8 Å². The summed E-state index contributed by atoms with van der Waals surface area (Å²) in [5.74, 6) is 0. The highest BCUT2D eigenvalue weighted by molar-refractivity contribution is 7.03. The summed E-state index contributed by atoms with van der Waals surface area (Å²) in [5.41, 5.74) is 5.48. The van der Waals surface area contributed by atoms with E-state index in [1.54, 1.807) is 0 Å². The molecule has 5 nitrogen and oxygen atoms in total. The van der Waals surface area contributed by atoms with Gasteiger partial charge in [-0.3, -0.25) is 4.79 Å². The van der Waals surface area contributed by atoms with Gasteiger partial charge >= 0.3 is 0 Å². The highest BCUT2D eigenvalue weighted by atomic mass is 28.3. The van der Waals surface area contributed by atoms with Gasteiger partial charge in [0, 0.05) is 30.9 Å². The molecule has 2 fully saturated rings. The van der Waals surface area contributed by atoms with E-state index in [0.29, 0.717) is 18.6 Å². The highest BCUT2D eigenvalue weighted by Gasteiger charge is 2.48. The maximum atomic E-state index is 10.7. The Labute approximate surface area is 185 Å². The average Bonchev–Trinajstić information content (AvgIpc) is 2.68. The van der Waals surface area contributed by atoms with E-state index in [0.717, 1.165) is 50.0 Å². The van der Waals surface area contributed by atoms with Crippen LogP contribution < -0.4 is 10.1 Å². The molecular weight excluding hydrogens is 402 g/mol. The van der Waals surface area contributed by atoms with Crippen molar-refractivity contribution in [2.24, 2.45) is 4.99 Å². The average molecular weight is 435 g/mol. The summed E-state index contributed by atoms with van der Waals surface area (Å²) in [6.45, 7) is 10.4. The van der Waals surface area contributed by atoms with Crippen LogP contribution in [0.15, 0.2) is 46.6 Å². The molecule has 5 rings (SSSR count). The molecule has 3 aliphatic heterocycles. The van der Waals surface area contributed by atoms with Crippen LogP contribution in [0.2, 0.25) is 11.6 Å². The Morgan fingerprint density at radius 2 is 2.06 bits per heavy atom. The van der Waals surface area contributed by atoms with Crippen LogP contribution in [0.25, 0.3) is 0 Å². The van der Waals surface area contributed by atoms with E-state index < -0.39 is 8.07 Å². The molecule has 4 aliphatic rings. The van der Waals surface area contributed by atoms with E-state index in [1.165, 1.54) is 34.6 Å². The smallest absolute Gasteiger partial charge is 0.293 e. The minimum atomic E-state index is -2.13. The monoisotopic (exact) mass is 434 g/mol. The summed E-state index contributed by atoms with van der Waals surface area (Å²) in [6, 6.07) is 8.00. The number of ether oxygens (including phenoxy) is 1. The van der Waals surface area contributed by atoms with Gasteiger partial charge in [-0.25, -0.2) is 9.57 Å². The number of fused-ring (bicyclic) bond motifs is 2. The number of hydrogen-bond acceptors (Lipinski definition) is 4. The van der Waals surface area contributed by atoms with Gasteiger partial charge in [0.1, 0.15) is 21.2 Å². The fourth-order valence-electron chi connectivity index (χ4n) is 5.44. The van der Waals surface area contributed by atoms with Crippen LogP contribution in [0, 0.1) is 0 Å². The summed E-state index contributed by atoms with van der Waals surface area (Å²) in [6.07, 6.45) is 10.4. The molecule has 0 N–H and O–H groups in total. The number of carbonyl (C=O) groups is 1. The molecular formula is C25H32N3O2Si+. The van der Waals surface area contributed by atoms with Crippen molar-refractivity contribution in [3.63, 3.8) is 0 Å². The normalized spacial score (nSPS) is 24.0. The van der Waals surface area contributed by atoms with Gasteiger partial charge in [-0.15, -0.1) is 0 Å². The molecule has 6 heteroatoms. The molecule has 0 saturated carbocycles. The molecule has 1 atom stereocenters. The van der Waals surface area contributed by atoms with Crippen molar-refractivity contribution >= 4 is 42.5 Å². The van der Waals surface area contributed by atoms with Gasteiger partial charge in [-0.1, -0.05) is 13.8 Å². The molecule has 0 amide bonds. The number of rotatable bonds is 7. The van der Waals surface area contributed by atoms with E-state index >= 15 is 0 Å². The molecule has 0 aromatic heterocycles. The minimum absolute atomic E-state index is 0.490. The van der Waals surface area contributed by atoms with Gasteiger partial charge in [0.25, 0.3) is 6.47 Å². The second-order valence-corrected chi connectivity index (χ2v) is 14.1. The molecule has 31 heavy (non-hydrogen) atoms. The second-order valence-electron chi connectivity index (χ2n) is 9.39. The first-order valence-corrected chi connectivity index (χ1v) is 14.0. The number of nitrogens with zero attached hydrogens (tertiary/aromatic N) is 3. The Morgan fingerprint density at radius 1 is 1.23 bits per heavy atom. The molecule has 3 heterocycles. The lowest BCUT2D eigenvalue weighted by Gasteiger charge is -2.43. The quantitative estimate of drug-likeness (QED) is 0.217. The fraction of sp³-hybridized carbons (Fsp3) is 0.480. The summed E-state index contributed by atoms with van der Waals surface area (Å²) >= 11 is 0. The third kappa shape index (κ3) is 3.41. The molecule has 162 valence electrons. The highest BCUT2D eigenvalue weighted by Crippen LogP contribution is 2.42. The Hall–Kier alpha value is -2.47. The number of aliphatic imine (C=N–C) groups is 1. The van der Waals surface area contributed by atoms with E-state index in [-0.39, 0.29) is 0 Å². The number of anilines is 1. The Morgan fingerprint density at radius 3 is 2.71 bits per heavy atom. The zero-order valence-corrected chi connectivity index (χ0v) is 19.6.